The van der Waals surface area contributed by atoms with Gasteiger partial charge in [-0.3, -0.25) is 0 Å². The Bertz CT molecular complexity index is 636. The molecule has 8 heteroatoms. The van der Waals surface area contributed by atoms with Crippen LogP contribution in [0, 0.1) is 0 Å². The highest BCUT2D eigenvalue weighted by atomic mass is 16.6. The van der Waals surface area contributed by atoms with Crippen LogP contribution in [0.25, 0.3) is 0 Å². The molecule has 0 aliphatic rings. The summed E-state index contributed by atoms with van der Waals surface area (Å²) >= 11 is 0. The Balaban J connectivity index is 3.15. The molecule has 0 heterocycles. The summed E-state index contributed by atoms with van der Waals surface area (Å²) in [7, 11) is 2.90. The second-order valence-electron chi connectivity index (χ2n) is 4.61. The molecule has 0 radical (unpaired) electrons. The summed E-state index contributed by atoms with van der Waals surface area (Å²) in [4.78, 5) is 35.3. The fraction of sp³-hybridized carbons (Fsp3) is 0.312. The van der Waals surface area contributed by atoms with Gasteiger partial charge in [0.1, 0.15) is 11.4 Å². The van der Waals surface area contributed by atoms with Crippen LogP contribution in [0.1, 0.15) is 24.2 Å². The highest BCUT2D eigenvalue weighted by Crippen LogP contribution is 2.26. The summed E-state index contributed by atoms with van der Waals surface area (Å²) in [6, 6.07) is 4.79. The lowest BCUT2D eigenvalue weighted by molar-refractivity contribution is -0.146. The van der Waals surface area contributed by atoms with Gasteiger partial charge in [0.15, 0.2) is 13.4 Å². The number of ether oxygens (including phenoxy) is 3. The van der Waals surface area contributed by atoms with Crippen molar-refractivity contribution < 1.29 is 28.6 Å². The second-order valence-corrected chi connectivity index (χ2v) is 4.61. The summed E-state index contributed by atoms with van der Waals surface area (Å²) in [5.74, 6) is -1.15. The number of nitrogens with one attached hydrogen (secondary N) is 1. The van der Waals surface area contributed by atoms with Crippen molar-refractivity contribution in [2.24, 2.45) is 0 Å². The van der Waals surface area contributed by atoms with Gasteiger partial charge in [-0.15, -0.1) is 0 Å². The molecule has 0 spiro atoms. The van der Waals surface area contributed by atoms with Gasteiger partial charge < -0.3 is 24.3 Å². The summed E-state index contributed by atoms with van der Waals surface area (Å²) in [5.41, 5.74) is 0.478. The van der Waals surface area contributed by atoms with E-state index in [1.807, 2.05) is 0 Å². The van der Waals surface area contributed by atoms with E-state index in [1.165, 1.54) is 21.2 Å². The molecule has 1 N–H and O–H groups in total. The highest BCUT2D eigenvalue weighted by Gasteiger charge is 2.21. The van der Waals surface area contributed by atoms with Crippen LogP contribution in [0.4, 0.5) is 5.69 Å². The number of anilines is 1. The van der Waals surface area contributed by atoms with Crippen molar-refractivity contribution in [3.63, 3.8) is 0 Å². The zero-order chi connectivity index (χ0) is 18.1. The monoisotopic (exact) mass is 333 g/mol. The first-order chi connectivity index (χ1) is 11.4. The highest BCUT2D eigenvalue weighted by molar-refractivity contribution is 6.62. The molecular weight excluding hydrogens is 313 g/mol. The van der Waals surface area contributed by atoms with E-state index in [2.05, 4.69) is 5.32 Å². The Kier molecular flexibility index (Phi) is 7.54. The van der Waals surface area contributed by atoms with Crippen LogP contribution in [0.3, 0.4) is 0 Å². The van der Waals surface area contributed by atoms with Gasteiger partial charge in [-0.05, 0) is 32.0 Å². The third-order valence-electron chi connectivity index (χ3n) is 2.97. The van der Waals surface area contributed by atoms with E-state index < -0.39 is 11.9 Å². The fourth-order valence-corrected chi connectivity index (χ4v) is 1.81. The maximum Gasteiger partial charge on any atom is 0.347 e. The molecular formula is C16H20BNO6. The van der Waals surface area contributed by atoms with Crippen LogP contribution in [0.15, 0.2) is 30.0 Å². The average Bonchev–Trinajstić information content (AvgIpc) is 2.55. The van der Waals surface area contributed by atoms with Crippen LogP contribution in [0.5, 0.6) is 5.75 Å². The molecule has 1 rings (SSSR count). The van der Waals surface area contributed by atoms with Crippen LogP contribution < -0.4 is 10.1 Å². The number of hydrogen-bond donors (Lipinski definition) is 1. The maximum absolute atomic E-state index is 11.9. The second kappa shape index (κ2) is 9.39. The number of methoxy groups -OCH3 is 1. The molecule has 0 aromatic heterocycles. The fourth-order valence-electron chi connectivity index (χ4n) is 1.81. The molecule has 0 bridgehead atoms. The van der Waals surface area contributed by atoms with Gasteiger partial charge in [-0.25, -0.2) is 9.59 Å². The molecule has 7 nitrogen and oxygen atoms in total. The lowest BCUT2D eigenvalue weighted by Gasteiger charge is -2.11. The lowest BCUT2D eigenvalue weighted by atomic mass is 9.94. The molecule has 1 aromatic rings. The van der Waals surface area contributed by atoms with Crippen molar-refractivity contribution in [2.45, 2.75) is 13.8 Å². The molecule has 0 atom stereocenters. The molecule has 0 aliphatic heterocycles. The molecule has 0 saturated carbocycles. The van der Waals surface area contributed by atoms with E-state index in [9.17, 15) is 14.4 Å². The number of carbonyl (C=O) groups is 3. The quantitative estimate of drug-likeness (QED) is 0.248. The number of carbonyl (C=O) groups excluding carboxylic acids is 3. The summed E-state index contributed by atoms with van der Waals surface area (Å²) in [6.45, 7) is 3.51. The lowest BCUT2D eigenvalue weighted by Crippen LogP contribution is -2.19. The minimum Gasteiger partial charge on any atom is -0.495 e. The van der Waals surface area contributed by atoms with Gasteiger partial charge in [0.2, 0.25) is 0 Å². The van der Waals surface area contributed by atoms with Gasteiger partial charge in [0.25, 0.3) is 0 Å². The van der Waals surface area contributed by atoms with Gasteiger partial charge in [0, 0.05) is 11.8 Å². The average molecular weight is 333 g/mol. The first-order valence-electron chi connectivity index (χ1n) is 7.44. The molecule has 0 amide bonds. The Morgan fingerprint density at radius 3 is 2.17 bits per heavy atom. The smallest absolute Gasteiger partial charge is 0.347 e. The van der Waals surface area contributed by atoms with Crippen molar-refractivity contribution in [1.29, 1.82) is 0 Å². The normalized spacial score (nSPS) is 9.62. The van der Waals surface area contributed by atoms with E-state index in [-0.39, 0.29) is 24.5 Å². The largest absolute Gasteiger partial charge is 0.495 e. The van der Waals surface area contributed by atoms with Crippen LogP contribution in [0.2, 0.25) is 0 Å². The minimum absolute atomic E-state index is 0.124. The third-order valence-corrected chi connectivity index (χ3v) is 2.97. The van der Waals surface area contributed by atoms with E-state index in [0.29, 0.717) is 17.0 Å². The maximum atomic E-state index is 11.9. The van der Waals surface area contributed by atoms with Gasteiger partial charge >= 0.3 is 11.9 Å². The Labute approximate surface area is 141 Å². The van der Waals surface area contributed by atoms with Crippen molar-refractivity contribution in [3.8, 4) is 5.75 Å². The van der Waals surface area contributed by atoms with Gasteiger partial charge in [0.05, 0.1) is 26.0 Å². The number of benzene rings is 1. The summed E-state index contributed by atoms with van der Waals surface area (Å²) in [6.07, 6.45) is 1.18. The molecule has 24 heavy (non-hydrogen) atoms. The first-order valence-corrected chi connectivity index (χ1v) is 7.44. The molecule has 0 saturated heterocycles. The van der Waals surface area contributed by atoms with Gasteiger partial charge in [-0.2, -0.15) is 0 Å². The predicted octanol–water partition coefficient (Wildman–Crippen LogP) is 0.890. The minimum atomic E-state index is -0.801. The van der Waals surface area contributed by atoms with Gasteiger partial charge in [-0.1, -0.05) is 0 Å². The Morgan fingerprint density at radius 2 is 1.71 bits per heavy atom. The number of rotatable bonds is 8. The predicted molar refractivity (Wildman–Crippen MR) is 90.8 cm³/mol. The van der Waals surface area contributed by atoms with E-state index in [0.717, 1.165) is 0 Å². The molecule has 128 valence electrons. The van der Waals surface area contributed by atoms with E-state index in [4.69, 9.17) is 14.2 Å². The first kappa shape index (κ1) is 19.3. The van der Waals surface area contributed by atoms with Crippen LogP contribution >= 0.6 is 0 Å². The van der Waals surface area contributed by atoms with Crippen LogP contribution in [-0.4, -0.2) is 45.8 Å². The van der Waals surface area contributed by atoms with Crippen molar-refractivity contribution in [1.82, 2.24) is 0 Å². The van der Waals surface area contributed by atoms with Crippen molar-refractivity contribution in [3.05, 3.63) is 35.5 Å². The summed E-state index contributed by atoms with van der Waals surface area (Å²) < 4.78 is 14.9. The van der Waals surface area contributed by atoms with Crippen LogP contribution in [-0.2, 0) is 19.1 Å². The zero-order valence-electron chi connectivity index (χ0n) is 14.2. The number of esters is 2. The SMILES string of the molecule is BC(=O)c1ccc(OC)c(NC=C(C(=O)OCC)C(=O)OCC)c1. The zero-order valence-corrected chi connectivity index (χ0v) is 14.2. The van der Waals surface area contributed by atoms with E-state index in [1.54, 1.807) is 32.0 Å². The molecule has 0 unspecified atom stereocenters. The molecule has 1 aromatic carbocycles. The topological polar surface area (TPSA) is 90.9 Å². The Morgan fingerprint density at radius 1 is 1.12 bits per heavy atom. The third kappa shape index (κ3) is 5.15. The Hall–Kier alpha value is -2.77. The van der Waals surface area contributed by atoms with Crippen molar-refractivity contribution >= 4 is 31.2 Å². The standard InChI is InChI=1S/C16H20BNO6/c1-4-23-15(20)11(16(21)24-5-2)9-18-12-8-10(14(17)19)6-7-13(12)22-3/h6-9,18H,4-5,17H2,1-3H3. The van der Waals surface area contributed by atoms with E-state index >= 15 is 0 Å². The molecule has 0 fully saturated rings. The number of hydrogen-bond acceptors (Lipinski definition) is 7. The summed E-state index contributed by atoms with van der Waals surface area (Å²) in [5, 5.41) is 2.80. The van der Waals surface area contributed by atoms with Crippen molar-refractivity contribution in [2.75, 3.05) is 25.6 Å². The molecule has 0 aliphatic carbocycles.